The molecule has 1 fully saturated rings. The molecule has 0 saturated carbocycles. The normalized spacial score (nSPS) is 21.2. The lowest BCUT2D eigenvalue weighted by Gasteiger charge is -2.08. The Kier molecular flexibility index (Phi) is 5.46. The number of rotatable bonds is 2. The molecule has 2 aliphatic heterocycles. The predicted molar refractivity (Wildman–Crippen MR) is 127 cm³/mol. The molecule has 2 aliphatic carbocycles. The van der Waals surface area contributed by atoms with Gasteiger partial charge in [-0.05, 0) is 49.8 Å². The van der Waals surface area contributed by atoms with E-state index < -0.39 is 0 Å². The number of allylic oxidation sites excluding steroid dienone is 4. The van der Waals surface area contributed by atoms with Crippen molar-refractivity contribution >= 4 is 17.1 Å². The molecule has 4 aliphatic rings. The highest BCUT2D eigenvalue weighted by Crippen LogP contribution is 2.41. The van der Waals surface area contributed by atoms with Gasteiger partial charge in [0.2, 0.25) is 0 Å². The zero-order chi connectivity index (χ0) is 22.2. The molecule has 1 saturated heterocycles. The van der Waals surface area contributed by atoms with E-state index >= 15 is 0 Å². The van der Waals surface area contributed by atoms with Crippen molar-refractivity contribution < 1.29 is 9.59 Å². The highest BCUT2D eigenvalue weighted by atomic mass is 16.1. The minimum atomic E-state index is 0.282. The fourth-order valence-electron chi connectivity index (χ4n) is 4.97. The van der Waals surface area contributed by atoms with Crippen molar-refractivity contribution in [2.75, 3.05) is 13.1 Å². The van der Waals surface area contributed by atoms with Gasteiger partial charge in [0, 0.05) is 49.0 Å². The maximum atomic E-state index is 11.9. The lowest BCUT2D eigenvalue weighted by Crippen LogP contribution is -2.13. The molecule has 4 heteroatoms. The highest BCUT2D eigenvalue weighted by molar-refractivity contribution is 6.24. The number of nitrogens with zero attached hydrogens (tertiary/aromatic N) is 1. The summed E-state index contributed by atoms with van der Waals surface area (Å²) in [6.07, 6.45) is 6.02. The van der Waals surface area contributed by atoms with Crippen LogP contribution in [0.5, 0.6) is 0 Å². The first-order chi connectivity index (χ1) is 15.5. The third-order valence-electron chi connectivity index (χ3n) is 6.85. The molecular formula is C28H30N2O2. The van der Waals surface area contributed by atoms with Crippen molar-refractivity contribution in [3.8, 4) is 0 Å². The molecule has 4 nitrogen and oxygen atoms in total. The van der Waals surface area contributed by atoms with Gasteiger partial charge < -0.3 is 10.2 Å². The van der Waals surface area contributed by atoms with E-state index in [0.717, 1.165) is 43.6 Å². The Balaban J connectivity index is 0.000000135. The molecule has 0 spiro atoms. The standard InChI is InChI=1S/2C14H15NO/c1-10-2-4-11(5-3-10)14-9-15(14)12-6-7-13(16)8-12;1-9-2-3-10-6-7-15-12-4-5-13(16)14(12)11(10)8-9/h2-5,8,14H,6-7,9H2,1H3;2-3,8,15H,4-7H2,1H3. The highest BCUT2D eigenvalue weighted by Gasteiger charge is 2.38. The molecule has 1 N–H and O–H groups in total. The first-order valence-corrected chi connectivity index (χ1v) is 11.7. The molecule has 0 radical (unpaired) electrons. The van der Waals surface area contributed by atoms with Crippen LogP contribution in [0.25, 0.3) is 5.57 Å². The molecule has 1 unspecified atom stereocenters. The minimum Gasteiger partial charge on any atom is -0.387 e. The monoisotopic (exact) mass is 426 g/mol. The van der Waals surface area contributed by atoms with Crippen LogP contribution in [0.1, 0.15) is 59.5 Å². The first kappa shape index (κ1) is 20.7. The molecule has 2 aromatic carbocycles. The van der Waals surface area contributed by atoms with E-state index in [1.165, 1.54) is 33.5 Å². The number of aryl methyl sites for hydroxylation is 2. The number of Topliss-reactive ketones (excluding diaryl/α,β-unsaturated/α-hetero) is 1. The third-order valence-corrected chi connectivity index (χ3v) is 6.85. The Labute approximate surface area is 190 Å². The van der Waals surface area contributed by atoms with Crippen LogP contribution in [-0.4, -0.2) is 29.6 Å². The van der Waals surface area contributed by atoms with Gasteiger partial charge in [-0.25, -0.2) is 0 Å². The van der Waals surface area contributed by atoms with Crippen LogP contribution < -0.4 is 5.32 Å². The van der Waals surface area contributed by atoms with Gasteiger partial charge >= 0.3 is 0 Å². The van der Waals surface area contributed by atoms with Crippen LogP contribution >= 0.6 is 0 Å². The Morgan fingerprint density at radius 2 is 1.66 bits per heavy atom. The van der Waals surface area contributed by atoms with Crippen LogP contribution in [0.4, 0.5) is 0 Å². The lowest BCUT2D eigenvalue weighted by molar-refractivity contribution is -0.114. The number of carbonyl (C=O) groups is 2. The summed E-state index contributed by atoms with van der Waals surface area (Å²) in [7, 11) is 0. The third kappa shape index (κ3) is 4.14. The van der Waals surface area contributed by atoms with Crippen molar-refractivity contribution in [1.82, 2.24) is 10.2 Å². The predicted octanol–water partition coefficient (Wildman–Crippen LogP) is 4.81. The van der Waals surface area contributed by atoms with E-state index in [0.29, 0.717) is 24.7 Å². The number of carbonyl (C=O) groups excluding carboxylic acids is 2. The van der Waals surface area contributed by atoms with E-state index in [9.17, 15) is 9.59 Å². The number of fused-ring (bicyclic) bond motifs is 2. The van der Waals surface area contributed by atoms with Crippen molar-refractivity contribution in [3.63, 3.8) is 0 Å². The van der Waals surface area contributed by atoms with Gasteiger partial charge in [-0.3, -0.25) is 9.59 Å². The quantitative estimate of drug-likeness (QED) is 0.700. The van der Waals surface area contributed by atoms with Gasteiger partial charge in [-0.1, -0.05) is 53.6 Å². The Morgan fingerprint density at radius 3 is 2.41 bits per heavy atom. The SMILES string of the molecule is Cc1ccc(C2CN2C2=CC(=O)CC2)cc1.Cc1ccc2c(c1)C1=C(CCC1=O)NCC2. The van der Waals surface area contributed by atoms with E-state index in [1.807, 2.05) is 6.08 Å². The molecule has 164 valence electrons. The summed E-state index contributed by atoms with van der Waals surface area (Å²) in [5, 5.41) is 3.40. The van der Waals surface area contributed by atoms with Crippen molar-refractivity contribution in [3.05, 3.63) is 87.8 Å². The number of hydrogen-bond donors (Lipinski definition) is 1. The van der Waals surface area contributed by atoms with Crippen molar-refractivity contribution in [2.24, 2.45) is 0 Å². The molecule has 1 atom stereocenters. The maximum Gasteiger partial charge on any atom is 0.165 e. The molecule has 32 heavy (non-hydrogen) atoms. The molecule has 0 bridgehead atoms. The summed E-state index contributed by atoms with van der Waals surface area (Å²) in [4.78, 5) is 25.4. The molecule has 2 heterocycles. The largest absolute Gasteiger partial charge is 0.387 e. The molecule has 2 aromatic rings. The maximum absolute atomic E-state index is 11.9. The number of nitrogens with one attached hydrogen (secondary N) is 1. The topological polar surface area (TPSA) is 49.2 Å². The van der Waals surface area contributed by atoms with E-state index in [2.05, 4.69) is 66.5 Å². The van der Waals surface area contributed by atoms with Gasteiger partial charge in [0.25, 0.3) is 0 Å². The van der Waals surface area contributed by atoms with Crippen molar-refractivity contribution in [1.29, 1.82) is 0 Å². The number of hydrogen-bond acceptors (Lipinski definition) is 4. The van der Waals surface area contributed by atoms with E-state index in [4.69, 9.17) is 0 Å². The van der Waals surface area contributed by atoms with Gasteiger partial charge in [0.1, 0.15) is 0 Å². The van der Waals surface area contributed by atoms with E-state index in [-0.39, 0.29) is 5.78 Å². The van der Waals surface area contributed by atoms with Gasteiger partial charge in [0.15, 0.2) is 11.6 Å². The summed E-state index contributed by atoms with van der Waals surface area (Å²) in [5.74, 6) is 0.584. The first-order valence-electron chi connectivity index (χ1n) is 11.7. The van der Waals surface area contributed by atoms with Crippen molar-refractivity contribution in [2.45, 2.75) is 52.0 Å². The minimum absolute atomic E-state index is 0.282. The molecule has 0 amide bonds. The number of ketones is 2. The van der Waals surface area contributed by atoms with Gasteiger partial charge in [-0.15, -0.1) is 0 Å². The summed E-state index contributed by atoms with van der Waals surface area (Å²) in [5.41, 5.74) is 9.71. The van der Waals surface area contributed by atoms with Gasteiger partial charge in [-0.2, -0.15) is 0 Å². The second-order valence-corrected chi connectivity index (χ2v) is 9.29. The fourth-order valence-corrected chi connectivity index (χ4v) is 4.97. The van der Waals surface area contributed by atoms with Crippen LogP contribution in [0.15, 0.2) is 59.9 Å². The van der Waals surface area contributed by atoms with Crippen LogP contribution in [0.2, 0.25) is 0 Å². The fraction of sp³-hybridized carbons (Fsp3) is 0.357. The summed E-state index contributed by atoms with van der Waals surface area (Å²) in [6, 6.07) is 15.6. The Hall–Kier alpha value is -3.14. The summed E-state index contributed by atoms with van der Waals surface area (Å²) in [6.45, 7) is 6.20. The Bertz CT molecular complexity index is 1140. The average Bonchev–Trinajstić information content (AvgIpc) is 3.38. The average molecular weight is 427 g/mol. The van der Waals surface area contributed by atoms with Crippen LogP contribution in [0, 0.1) is 13.8 Å². The van der Waals surface area contributed by atoms with Crippen LogP contribution in [-0.2, 0) is 16.0 Å². The van der Waals surface area contributed by atoms with E-state index in [1.54, 1.807) is 0 Å². The second kappa shape index (κ2) is 8.42. The smallest absolute Gasteiger partial charge is 0.165 e. The number of benzene rings is 2. The van der Waals surface area contributed by atoms with Crippen LogP contribution in [0.3, 0.4) is 0 Å². The zero-order valence-corrected chi connectivity index (χ0v) is 18.9. The Morgan fingerprint density at radius 1 is 0.875 bits per heavy atom. The molecule has 0 aromatic heterocycles. The second-order valence-electron chi connectivity index (χ2n) is 9.29. The molecular weight excluding hydrogens is 396 g/mol. The summed E-state index contributed by atoms with van der Waals surface area (Å²) < 4.78 is 0. The summed E-state index contributed by atoms with van der Waals surface area (Å²) >= 11 is 0. The lowest BCUT2D eigenvalue weighted by atomic mass is 9.95. The van der Waals surface area contributed by atoms with Gasteiger partial charge in [0.05, 0.1) is 6.04 Å². The zero-order valence-electron chi connectivity index (χ0n) is 18.9. The molecule has 6 rings (SSSR count).